The topological polar surface area (TPSA) is 156 Å². The van der Waals surface area contributed by atoms with Crippen molar-refractivity contribution in [2.75, 3.05) is 19.1 Å². The van der Waals surface area contributed by atoms with Gasteiger partial charge in [-0.15, -0.1) is 0 Å². The molecular weight excluding hydrogens is 500 g/mol. The molecule has 0 aliphatic rings. The molecule has 12 nitrogen and oxygen atoms in total. The Morgan fingerprint density at radius 2 is 2.09 bits per heavy atom. The Kier molecular flexibility index (Phi) is 7.56. The molecule has 0 saturated carbocycles. The van der Waals surface area contributed by atoms with E-state index in [4.69, 9.17) is 9.47 Å². The van der Waals surface area contributed by atoms with Gasteiger partial charge in [-0.3, -0.25) is 14.3 Å². The van der Waals surface area contributed by atoms with Gasteiger partial charge < -0.3 is 24.3 Å². The van der Waals surface area contributed by atoms with Crippen LogP contribution in [0.2, 0.25) is 0 Å². The minimum Gasteiger partial charge on any atom is -0.503 e. The number of benzene rings is 1. The Hall–Kier alpha value is -3.16. The summed E-state index contributed by atoms with van der Waals surface area (Å²) in [4.78, 5) is 31.1. The van der Waals surface area contributed by atoms with Gasteiger partial charge in [-0.25, -0.2) is 10.2 Å². The first-order valence-corrected chi connectivity index (χ1v) is 10.8. The number of ether oxygens (including phenoxy) is 2. The predicted octanol–water partition coefficient (Wildman–Crippen LogP) is 1.13. The number of imidazole rings is 1. The molecule has 4 N–H and O–H groups in total. The molecule has 2 heterocycles. The molecule has 0 aliphatic heterocycles. The maximum Gasteiger partial charge on any atom is 0.329 e. The minimum absolute atomic E-state index is 0.0268. The molecular formula is C20H25BrN6O6. The van der Waals surface area contributed by atoms with E-state index in [9.17, 15) is 19.8 Å². The second-order valence-corrected chi connectivity index (χ2v) is 8.35. The van der Waals surface area contributed by atoms with Crippen LogP contribution in [-0.2, 0) is 18.3 Å². The molecule has 0 spiro atoms. The van der Waals surface area contributed by atoms with Gasteiger partial charge >= 0.3 is 5.69 Å². The van der Waals surface area contributed by atoms with Crippen LogP contribution in [0.5, 0.6) is 11.5 Å². The number of fused-ring (bicyclic) bond motifs is 1. The zero-order valence-corrected chi connectivity index (χ0v) is 20.1. The number of hydrazone groups is 1. The van der Waals surface area contributed by atoms with Crippen LogP contribution in [0.15, 0.2) is 31.3 Å². The highest BCUT2D eigenvalue weighted by molar-refractivity contribution is 9.10. The Balaban J connectivity index is 1.98. The monoisotopic (exact) mass is 524 g/mol. The molecule has 3 aromatic rings. The number of H-pyrrole nitrogens is 1. The number of aromatic nitrogens is 4. The lowest BCUT2D eigenvalue weighted by atomic mass is 10.2. The number of nitrogens with one attached hydrogen (secondary N) is 2. The van der Waals surface area contributed by atoms with Gasteiger partial charge in [-0.1, -0.05) is 0 Å². The van der Waals surface area contributed by atoms with Crippen molar-refractivity contribution in [2.45, 2.75) is 32.6 Å². The van der Waals surface area contributed by atoms with Crippen LogP contribution in [0.25, 0.3) is 11.2 Å². The van der Waals surface area contributed by atoms with Crippen molar-refractivity contribution in [3.8, 4) is 11.5 Å². The molecule has 1 atom stereocenters. The first-order chi connectivity index (χ1) is 15.6. The van der Waals surface area contributed by atoms with Crippen LogP contribution in [0.3, 0.4) is 0 Å². The van der Waals surface area contributed by atoms with Crippen molar-refractivity contribution in [3.05, 3.63) is 43.0 Å². The summed E-state index contributed by atoms with van der Waals surface area (Å²) < 4.78 is 13.6. The molecule has 3 rings (SSSR count). The van der Waals surface area contributed by atoms with E-state index >= 15 is 0 Å². The Labute approximate surface area is 196 Å². The fourth-order valence-corrected chi connectivity index (χ4v) is 3.51. The van der Waals surface area contributed by atoms with Crippen LogP contribution in [-0.4, -0.2) is 61.5 Å². The first kappa shape index (κ1) is 24.5. The molecule has 33 heavy (non-hydrogen) atoms. The standard InChI is InChI=1S/C20H25BrN6O6/c1-10(2)33-9-12(28)8-27-15-17(26(3)20(31)24-18(15)30)23-19(27)25-22-7-11-5-13(21)16(29)14(6-11)32-4/h5-7,10,12,28-29H,8-9H2,1-4H3,(H,23,25)(H,24,30,31)/b22-7-/t12-/m1/s1. The van der Waals surface area contributed by atoms with Crippen molar-refractivity contribution in [3.63, 3.8) is 0 Å². The predicted molar refractivity (Wildman–Crippen MR) is 126 cm³/mol. The number of halogens is 1. The lowest BCUT2D eigenvalue weighted by molar-refractivity contribution is -0.000105. The Morgan fingerprint density at radius 3 is 2.76 bits per heavy atom. The number of aliphatic hydroxyl groups excluding tert-OH is 1. The number of rotatable bonds is 9. The lowest BCUT2D eigenvalue weighted by Gasteiger charge is -2.15. The third-order valence-corrected chi connectivity index (χ3v) is 5.28. The summed E-state index contributed by atoms with van der Waals surface area (Å²) in [7, 11) is 2.91. The maximum atomic E-state index is 12.5. The number of hydrogen-bond acceptors (Lipinski definition) is 9. The number of aliphatic hydroxyl groups is 1. The van der Waals surface area contributed by atoms with E-state index in [0.717, 1.165) is 0 Å². The van der Waals surface area contributed by atoms with Crippen molar-refractivity contribution >= 4 is 39.3 Å². The average Bonchev–Trinajstić information content (AvgIpc) is 3.11. The molecule has 0 aliphatic carbocycles. The average molecular weight is 525 g/mol. The number of methoxy groups -OCH3 is 1. The molecule has 0 unspecified atom stereocenters. The number of phenolic OH excluding ortho intramolecular Hbond substituents is 1. The highest BCUT2D eigenvalue weighted by atomic mass is 79.9. The third-order valence-electron chi connectivity index (χ3n) is 4.67. The molecule has 13 heteroatoms. The van der Waals surface area contributed by atoms with Gasteiger partial charge in [0.2, 0.25) is 5.95 Å². The first-order valence-electron chi connectivity index (χ1n) is 9.97. The third kappa shape index (κ3) is 5.43. The van der Waals surface area contributed by atoms with Gasteiger partial charge in [0.05, 0.1) is 43.2 Å². The van der Waals surface area contributed by atoms with E-state index in [1.807, 2.05) is 13.8 Å². The second kappa shape index (κ2) is 10.2. The van der Waals surface area contributed by atoms with Crippen LogP contribution in [0.1, 0.15) is 19.4 Å². The lowest BCUT2D eigenvalue weighted by Crippen LogP contribution is -2.30. The summed E-state index contributed by atoms with van der Waals surface area (Å²) in [6.45, 7) is 3.71. The molecule has 0 saturated heterocycles. The van der Waals surface area contributed by atoms with Crippen molar-refractivity contribution in [1.29, 1.82) is 0 Å². The number of nitrogens with zero attached hydrogens (tertiary/aromatic N) is 4. The zero-order chi connectivity index (χ0) is 24.3. The summed E-state index contributed by atoms with van der Waals surface area (Å²) >= 11 is 3.25. The highest BCUT2D eigenvalue weighted by Gasteiger charge is 2.20. The van der Waals surface area contributed by atoms with Crippen LogP contribution in [0.4, 0.5) is 5.95 Å². The largest absolute Gasteiger partial charge is 0.503 e. The van der Waals surface area contributed by atoms with Crippen LogP contribution in [0, 0.1) is 0 Å². The van der Waals surface area contributed by atoms with Gasteiger partial charge in [0.1, 0.15) is 0 Å². The van der Waals surface area contributed by atoms with E-state index in [1.165, 1.54) is 29.5 Å². The molecule has 178 valence electrons. The smallest absolute Gasteiger partial charge is 0.329 e. The summed E-state index contributed by atoms with van der Waals surface area (Å²) in [6, 6.07) is 3.21. The summed E-state index contributed by atoms with van der Waals surface area (Å²) in [5, 5.41) is 24.5. The van der Waals surface area contributed by atoms with Crippen molar-refractivity contribution in [2.24, 2.45) is 12.1 Å². The van der Waals surface area contributed by atoms with Crippen LogP contribution >= 0.6 is 15.9 Å². The van der Waals surface area contributed by atoms with Crippen molar-refractivity contribution in [1.82, 2.24) is 19.1 Å². The summed E-state index contributed by atoms with van der Waals surface area (Å²) in [5.74, 6) is 0.358. The molecule has 1 aromatic carbocycles. The molecule has 0 amide bonds. The molecule has 0 fully saturated rings. The van der Waals surface area contributed by atoms with Gasteiger partial charge in [0.15, 0.2) is 22.7 Å². The second-order valence-electron chi connectivity index (χ2n) is 7.50. The number of aryl methyl sites for hydroxylation is 1. The van der Waals surface area contributed by atoms with E-state index in [-0.39, 0.29) is 47.9 Å². The molecule has 0 radical (unpaired) electrons. The van der Waals surface area contributed by atoms with E-state index in [0.29, 0.717) is 10.0 Å². The fourth-order valence-electron chi connectivity index (χ4n) is 3.05. The van der Waals surface area contributed by atoms with Gasteiger partial charge in [0, 0.05) is 7.05 Å². The quantitative estimate of drug-likeness (QED) is 0.239. The Morgan fingerprint density at radius 1 is 1.36 bits per heavy atom. The minimum atomic E-state index is -0.941. The fraction of sp³-hybridized carbons (Fsp3) is 0.400. The summed E-state index contributed by atoms with van der Waals surface area (Å²) in [6.07, 6.45) is 0.438. The number of aromatic hydroxyl groups is 1. The molecule has 0 bridgehead atoms. The molecule has 2 aromatic heterocycles. The van der Waals surface area contributed by atoms with E-state index in [1.54, 1.807) is 12.1 Å². The zero-order valence-electron chi connectivity index (χ0n) is 18.5. The van der Waals surface area contributed by atoms with Crippen molar-refractivity contribution < 1.29 is 19.7 Å². The normalized spacial score (nSPS) is 12.7. The van der Waals surface area contributed by atoms with Gasteiger partial charge in [-0.05, 0) is 47.5 Å². The number of anilines is 1. The van der Waals surface area contributed by atoms with E-state index < -0.39 is 17.4 Å². The number of aromatic amines is 1. The van der Waals surface area contributed by atoms with Gasteiger partial charge in [0.25, 0.3) is 5.56 Å². The van der Waals surface area contributed by atoms with Crippen LogP contribution < -0.4 is 21.4 Å². The van der Waals surface area contributed by atoms with Gasteiger partial charge in [-0.2, -0.15) is 10.1 Å². The number of phenols is 1. The highest BCUT2D eigenvalue weighted by Crippen LogP contribution is 2.34. The summed E-state index contributed by atoms with van der Waals surface area (Å²) in [5.41, 5.74) is 2.33. The van der Waals surface area contributed by atoms with E-state index in [2.05, 4.69) is 36.4 Å². The number of hydrogen-bond donors (Lipinski definition) is 4. The maximum absolute atomic E-state index is 12.5. The SMILES string of the molecule is COc1cc(/C=N\Nc2nc3c(c(=O)[nH]c(=O)n3C)n2C[C@@H](O)COC(C)C)cc(Br)c1O. The Bertz CT molecular complexity index is 1290.